The summed E-state index contributed by atoms with van der Waals surface area (Å²) in [7, 11) is 4.77. The second kappa shape index (κ2) is 6.99. The van der Waals surface area contributed by atoms with Gasteiger partial charge in [-0.2, -0.15) is 0 Å². The molecule has 4 rings (SSSR count). The highest BCUT2D eigenvalue weighted by Gasteiger charge is 2.17. The van der Waals surface area contributed by atoms with Crippen molar-refractivity contribution in [2.75, 3.05) is 21.3 Å². The minimum atomic E-state index is 0.545. The van der Waals surface area contributed by atoms with Crippen LogP contribution in [-0.2, 0) is 0 Å². The van der Waals surface area contributed by atoms with Crippen LogP contribution < -0.4 is 14.2 Å². The van der Waals surface area contributed by atoms with Gasteiger partial charge in [-0.05, 0) is 12.1 Å². The molecule has 6 nitrogen and oxygen atoms in total. The maximum atomic E-state index is 5.47. The molecule has 2 aromatic heterocycles. The number of methoxy groups -OCH3 is 3. The number of aromatic nitrogens is 3. The number of hydrogen-bond donors (Lipinski definition) is 0. The first-order valence-electron chi connectivity index (χ1n) is 8.44. The average Bonchev–Trinajstić information content (AvgIpc) is 3.17. The third kappa shape index (κ3) is 2.95. The number of rotatable bonds is 5. The van der Waals surface area contributed by atoms with Gasteiger partial charge in [-0.25, -0.2) is 4.98 Å². The SMILES string of the molecule is COc1cc(-c2nccn3cc(-c4ccccc4)nc23)cc(OC)c1OC. The average molecular weight is 361 g/mol. The summed E-state index contributed by atoms with van der Waals surface area (Å²) in [5.74, 6) is 1.69. The summed E-state index contributed by atoms with van der Waals surface area (Å²) in [5, 5.41) is 0. The van der Waals surface area contributed by atoms with Crippen LogP contribution in [0.3, 0.4) is 0 Å². The molecule has 0 aliphatic heterocycles. The van der Waals surface area contributed by atoms with Gasteiger partial charge in [0.15, 0.2) is 17.1 Å². The Morgan fingerprint density at radius 2 is 1.56 bits per heavy atom. The van der Waals surface area contributed by atoms with Gasteiger partial charge in [0.25, 0.3) is 0 Å². The van der Waals surface area contributed by atoms with E-state index in [-0.39, 0.29) is 0 Å². The Morgan fingerprint density at radius 3 is 2.19 bits per heavy atom. The van der Waals surface area contributed by atoms with E-state index in [1.807, 2.05) is 59.3 Å². The van der Waals surface area contributed by atoms with E-state index in [0.717, 1.165) is 28.2 Å². The van der Waals surface area contributed by atoms with Crippen LogP contribution >= 0.6 is 0 Å². The van der Waals surface area contributed by atoms with Gasteiger partial charge in [-0.3, -0.25) is 4.98 Å². The van der Waals surface area contributed by atoms with E-state index in [4.69, 9.17) is 19.2 Å². The molecule has 0 aliphatic carbocycles. The Hall–Kier alpha value is -3.54. The Labute approximate surface area is 157 Å². The van der Waals surface area contributed by atoms with Gasteiger partial charge in [-0.15, -0.1) is 0 Å². The van der Waals surface area contributed by atoms with Crippen molar-refractivity contribution >= 4 is 5.65 Å². The molecule has 2 heterocycles. The molecule has 2 aromatic carbocycles. The van der Waals surface area contributed by atoms with Crippen molar-refractivity contribution in [1.29, 1.82) is 0 Å². The summed E-state index contributed by atoms with van der Waals surface area (Å²) in [6.07, 6.45) is 5.63. The lowest BCUT2D eigenvalue weighted by Crippen LogP contribution is -1.97. The molecule has 0 N–H and O–H groups in total. The predicted octanol–water partition coefficient (Wildman–Crippen LogP) is 4.09. The Kier molecular flexibility index (Phi) is 4.38. The van der Waals surface area contributed by atoms with E-state index < -0.39 is 0 Å². The predicted molar refractivity (Wildman–Crippen MR) is 104 cm³/mol. The van der Waals surface area contributed by atoms with Crippen LogP contribution in [0.15, 0.2) is 61.1 Å². The van der Waals surface area contributed by atoms with E-state index in [1.54, 1.807) is 27.5 Å². The van der Waals surface area contributed by atoms with Crippen molar-refractivity contribution in [2.24, 2.45) is 0 Å². The van der Waals surface area contributed by atoms with Crippen LogP contribution in [0, 0.1) is 0 Å². The van der Waals surface area contributed by atoms with Crippen LogP contribution in [0.2, 0.25) is 0 Å². The highest BCUT2D eigenvalue weighted by Crippen LogP contribution is 2.41. The Bertz CT molecular complexity index is 1070. The fourth-order valence-corrected chi connectivity index (χ4v) is 3.09. The van der Waals surface area contributed by atoms with Gasteiger partial charge in [0, 0.05) is 29.7 Å². The van der Waals surface area contributed by atoms with E-state index >= 15 is 0 Å². The third-order valence-corrected chi connectivity index (χ3v) is 4.38. The molecule has 0 atom stereocenters. The Balaban J connectivity index is 1.91. The maximum absolute atomic E-state index is 5.47. The zero-order chi connectivity index (χ0) is 18.8. The number of hydrogen-bond acceptors (Lipinski definition) is 5. The van der Waals surface area contributed by atoms with Crippen molar-refractivity contribution in [1.82, 2.24) is 14.4 Å². The van der Waals surface area contributed by atoms with E-state index in [9.17, 15) is 0 Å². The van der Waals surface area contributed by atoms with E-state index in [2.05, 4.69) is 4.98 Å². The van der Waals surface area contributed by atoms with Crippen molar-refractivity contribution in [2.45, 2.75) is 0 Å². The second-order valence-corrected chi connectivity index (χ2v) is 5.91. The number of ether oxygens (including phenoxy) is 3. The van der Waals surface area contributed by atoms with Crippen molar-refractivity contribution in [3.05, 3.63) is 61.1 Å². The van der Waals surface area contributed by atoms with Crippen LogP contribution in [0.1, 0.15) is 0 Å². The number of fused-ring (bicyclic) bond motifs is 1. The Morgan fingerprint density at radius 1 is 0.852 bits per heavy atom. The molecule has 4 aromatic rings. The fourth-order valence-electron chi connectivity index (χ4n) is 3.09. The number of nitrogens with zero attached hydrogens (tertiary/aromatic N) is 3. The van der Waals surface area contributed by atoms with Gasteiger partial charge in [0.2, 0.25) is 5.75 Å². The summed E-state index contributed by atoms with van der Waals surface area (Å²) >= 11 is 0. The normalized spacial score (nSPS) is 10.8. The lowest BCUT2D eigenvalue weighted by molar-refractivity contribution is 0.324. The summed E-state index contributed by atoms with van der Waals surface area (Å²) in [4.78, 5) is 9.36. The maximum Gasteiger partial charge on any atom is 0.203 e. The highest BCUT2D eigenvalue weighted by molar-refractivity contribution is 5.79. The molecule has 27 heavy (non-hydrogen) atoms. The van der Waals surface area contributed by atoms with Gasteiger partial charge in [0.1, 0.15) is 5.69 Å². The minimum Gasteiger partial charge on any atom is -0.493 e. The quantitative estimate of drug-likeness (QED) is 0.536. The summed E-state index contributed by atoms with van der Waals surface area (Å²) in [5.41, 5.74) is 4.26. The summed E-state index contributed by atoms with van der Waals surface area (Å²) in [6, 6.07) is 13.8. The first-order chi connectivity index (χ1) is 13.2. The fraction of sp³-hybridized carbons (Fsp3) is 0.143. The summed E-state index contributed by atoms with van der Waals surface area (Å²) in [6.45, 7) is 0. The first-order valence-corrected chi connectivity index (χ1v) is 8.44. The smallest absolute Gasteiger partial charge is 0.203 e. The van der Waals surface area contributed by atoms with Crippen molar-refractivity contribution in [3.63, 3.8) is 0 Å². The largest absolute Gasteiger partial charge is 0.493 e. The molecule has 0 unspecified atom stereocenters. The molecule has 0 amide bonds. The molecule has 6 heteroatoms. The zero-order valence-electron chi connectivity index (χ0n) is 15.3. The standard InChI is InChI=1S/C21H19N3O3/c1-25-17-11-15(12-18(26-2)20(17)27-3)19-21-23-16(13-24(21)10-9-22-19)14-7-5-4-6-8-14/h4-13H,1-3H3. The topological polar surface area (TPSA) is 57.9 Å². The molecule has 136 valence electrons. The van der Waals surface area contributed by atoms with E-state index in [1.165, 1.54) is 0 Å². The molecule has 0 radical (unpaired) electrons. The van der Waals surface area contributed by atoms with Crippen LogP contribution in [-0.4, -0.2) is 35.7 Å². The van der Waals surface area contributed by atoms with Crippen molar-refractivity contribution in [3.8, 4) is 39.8 Å². The molecule has 0 fully saturated rings. The van der Waals surface area contributed by atoms with E-state index in [0.29, 0.717) is 17.2 Å². The van der Waals surface area contributed by atoms with Crippen LogP contribution in [0.5, 0.6) is 17.2 Å². The van der Waals surface area contributed by atoms with Gasteiger partial charge in [-0.1, -0.05) is 30.3 Å². The van der Waals surface area contributed by atoms with Gasteiger partial charge < -0.3 is 18.6 Å². The number of benzene rings is 2. The van der Waals surface area contributed by atoms with Crippen LogP contribution in [0.25, 0.3) is 28.2 Å². The molecule has 0 spiro atoms. The molecule has 0 saturated heterocycles. The molecule has 0 saturated carbocycles. The minimum absolute atomic E-state index is 0.545. The zero-order valence-corrected chi connectivity index (χ0v) is 15.3. The van der Waals surface area contributed by atoms with Gasteiger partial charge >= 0.3 is 0 Å². The number of imidazole rings is 1. The van der Waals surface area contributed by atoms with Crippen LogP contribution in [0.4, 0.5) is 0 Å². The first kappa shape index (κ1) is 16.9. The lowest BCUT2D eigenvalue weighted by Gasteiger charge is -2.14. The third-order valence-electron chi connectivity index (χ3n) is 4.38. The molecular formula is C21H19N3O3. The molecular weight excluding hydrogens is 342 g/mol. The lowest BCUT2D eigenvalue weighted by atomic mass is 10.1. The monoisotopic (exact) mass is 361 g/mol. The summed E-state index contributed by atoms with van der Waals surface area (Å²) < 4.78 is 18.3. The van der Waals surface area contributed by atoms with Crippen molar-refractivity contribution < 1.29 is 14.2 Å². The molecule has 0 aliphatic rings. The highest BCUT2D eigenvalue weighted by atomic mass is 16.5. The second-order valence-electron chi connectivity index (χ2n) is 5.91. The van der Waals surface area contributed by atoms with Gasteiger partial charge in [0.05, 0.1) is 27.0 Å². The molecule has 0 bridgehead atoms.